The minimum Gasteiger partial charge on any atom is -0.434 e. The third-order valence-electron chi connectivity index (χ3n) is 12.1. The van der Waals surface area contributed by atoms with Crippen LogP contribution < -0.4 is 0 Å². The molecule has 7 rings (SSSR count). The second-order valence-electron chi connectivity index (χ2n) is 14.9. The van der Waals surface area contributed by atoms with Crippen molar-refractivity contribution in [2.24, 2.45) is 38.9 Å². The van der Waals surface area contributed by atoms with E-state index in [0.29, 0.717) is 24.9 Å². The molecule has 1 saturated heterocycles. The number of hydrogen-bond acceptors (Lipinski definition) is 5. The lowest BCUT2D eigenvalue weighted by molar-refractivity contribution is -0.183. The highest BCUT2D eigenvalue weighted by atomic mass is 16.7. The molecule has 5 heteroatoms. The van der Waals surface area contributed by atoms with Crippen molar-refractivity contribution < 1.29 is 24.2 Å². The number of aldehydes is 1. The van der Waals surface area contributed by atoms with Crippen LogP contribution in [0.4, 0.5) is 0 Å². The van der Waals surface area contributed by atoms with E-state index in [9.17, 15) is 14.7 Å². The Morgan fingerprint density at radius 3 is 2.46 bits per heavy atom. The maximum Gasteiger partial charge on any atom is 0.315 e. The monoisotopic (exact) mass is 480 g/mol. The molecule has 5 nitrogen and oxygen atoms in total. The van der Waals surface area contributed by atoms with Gasteiger partial charge in [0.15, 0.2) is 0 Å². The predicted octanol–water partition coefficient (Wildman–Crippen LogP) is 5.27. The fourth-order valence-electron chi connectivity index (χ4n) is 10.1. The smallest absolute Gasteiger partial charge is 0.315 e. The van der Waals surface area contributed by atoms with Crippen LogP contribution in [0.2, 0.25) is 0 Å². The number of esters is 1. The van der Waals surface area contributed by atoms with Gasteiger partial charge in [0, 0.05) is 11.0 Å². The summed E-state index contributed by atoms with van der Waals surface area (Å²) in [6.45, 7) is 11.7. The van der Waals surface area contributed by atoms with Gasteiger partial charge >= 0.3 is 5.97 Å². The van der Waals surface area contributed by atoms with Gasteiger partial charge in [0.1, 0.15) is 6.29 Å². The lowest BCUT2D eigenvalue weighted by Crippen LogP contribution is -2.59. The van der Waals surface area contributed by atoms with Crippen LogP contribution in [-0.2, 0) is 19.1 Å². The largest absolute Gasteiger partial charge is 0.434 e. The second kappa shape index (κ2) is 6.32. The molecule has 8 atom stereocenters. The van der Waals surface area contributed by atoms with E-state index >= 15 is 0 Å². The van der Waals surface area contributed by atoms with Crippen molar-refractivity contribution in [2.45, 2.75) is 104 Å². The Hall–Kier alpha value is -1.46. The Kier molecular flexibility index (Phi) is 4.10. The van der Waals surface area contributed by atoms with Gasteiger partial charge < -0.3 is 14.6 Å². The first-order valence-corrected chi connectivity index (χ1v) is 13.8. The molecular formula is C30H40O5. The molecule has 35 heavy (non-hydrogen) atoms. The molecule has 5 fully saturated rings. The minimum atomic E-state index is -0.653. The second-order valence-corrected chi connectivity index (χ2v) is 14.9. The standard InChI is InChI=1S/C30H40O5/c1-17-20-13-26(4,9-19(20)10-27(5)6-7-30(17,27)33)16-34-24-29-15-28(29,23(32)35-24)11-18-8-25(2,3)12-21(18)22(29)14-31/h14,18-19,24,33H,6-13,15-16H2,1-5H3/t18-,19-,24+,26-,27-,28+,29+,30-/m0/s1. The zero-order chi connectivity index (χ0) is 24.8. The summed E-state index contributed by atoms with van der Waals surface area (Å²) < 4.78 is 12.5. The molecule has 1 heterocycles. The number of fused-ring (bicyclic) bond motifs is 3. The highest BCUT2D eigenvalue weighted by Gasteiger charge is 2.85. The van der Waals surface area contributed by atoms with Crippen molar-refractivity contribution >= 4 is 12.3 Å². The number of carbonyl (C=O) groups is 2. The molecule has 4 saturated carbocycles. The van der Waals surface area contributed by atoms with Crippen LogP contribution in [0.25, 0.3) is 0 Å². The number of ether oxygens (including phenoxy) is 2. The van der Waals surface area contributed by atoms with Gasteiger partial charge in [-0.05, 0) is 93.0 Å². The number of hydrogen-bond donors (Lipinski definition) is 1. The molecule has 0 aromatic carbocycles. The number of carbonyl (C=O) groups excluding carboxylic acids is 2. The fraction of sp³-hybridized carbons (Fsp3) is 0.800. The predicted molar refractivity (Wildman–Crippen MR) is 130 cm³/mol. The SMILES string of the molecule is CC1=C2C[C@@](C)(CO[C@@H]3OC(=O)[C@]45C[C@@H]6CC(C)(C)CC6=C(C=O)[C@]34C5)C[C@H]2C[C@]2(C)CC[C@]12O. The van der Waals surface area contributed by atoms with Gasteiger partial charge in [-0.3, -0.25) is 9.59 Å². The molecule has 0 unspecified atom stereocenters. The first-order valence-electron chi connectivity index (χ1n) is 13.8. The molecule has 0 aromatic heterocycles. The Morgan fingerprint density at radius 2 is 1.77 bits per heavy atom. The zero-order valence-electron chi connectivity index (χ0n) is 22.0. The summed E-state index contributed by atoms with van der Waals surface area (Å²) in [7, 11) is 0. The molecule has 190 valence electrons. The van der Waals surface area contributed by atoms with E-state index in [1.807, 2.05) is 0 Å². The molecule has 0 spiro atoms. The van der Waals surface area contributed by atoms with E-state index in [-0.39, 0.29) is 22.2 Å². The summed E-state index contributed by atoms with van der Waals surface area (Å²) in [5, 5.41) is 11.4. The third-order valence-corrected chi connectivity index (χ3v) is 12.1. The number of aliphatic hydroxyl groups is 1. The van der Waals surface area contributed by atoms with Gasteiger partial charge in [-0.1, -0.05) is 38.8 Å². The molecule has 6 aliphatic carbocycles. The molecule has 7 aliphatic rings. The molecule has 1 N–H and O–H groups in total. The minimum absolute atomic E-state index is 0.00363. The van der Waals surface area contributed by atoms with E-state index < -0.39 is 22.7 Å². The van der Waals surface area contributed by atoms with Gasteiger partial charge in [0.2, 0.25) is 6.29 Å². The normalized spacial score (nSPS) is 52.7. The molecule has 0 bridgehead atoms. The van der Waals surface area contributed by atoms with Crippen LogP contribution in [0, 0.1) is 38.9 Å². The van der Waals surface area contributed by atoms with Crippen molar-refractivity contribution in [1.29, 1.82) is 0 Å². The molecule has 0 radical (unpaired) electrons. The van der Waals surface area contributed by atoms with Gasteiger partial charge in [-0.15, -0.1) is 0 Å². The quantitative estimate of drug-likeness (QED) is 0.337. The summed E-state index contributed by atoms with van der Waals surface area (Å²) in [4.78, 5) is 25.7. The van der Waals surface area contributed by atoms with E-state index in [0.717, 1.165) is 63.2 Å². The topological polar surface area (TPSA) is 72.8 Å². The van der Waals surface area contributed by atoms with Gasteiger partial charge in [-0.25, -0.2) is 0 Å². The van der Waals surface area contributed by atoms with Crippen molar-refractivity contribution in [3.8, 4) is 0 Å². The molecule has 0 aromatic rings. The fourth-order valence-corrected chi connectivity index (χ4v) is 10.1. The molecule has 1 aliphatic heterocycles. The van der Waals surface area contributed by atoms with Gasteiger partial charge in [0.25, 0.3) is 0 Å². The van der Waals surface area contributed by atoms with E-state index in [1.165, 1.54) is 16.7 Å². The van der Waals surface area contributed by atoms with E-state index in [4.69, 9.17) is 9.47 Å². The van der Waals surface area contributed by atoms with Gasteiger partial charge in [0.05, 0.1) is 23.0 Å². The Labute approximate surface area is 208 Å². The summed E-state index contributed by atoms with van der Waals surface area (Å²) in [5.74, 6) is 0.670. The number of cyclic esters (lactones) is 1. The first kappa shape index (κ1) is 22.7. The maximum atomic E-state index is 13.2. The summed E-state index contributed by atoms with van der Waals surface area (Å²) in [5.41, 5.74) is 3.09. The zero-order valence-corrected chi connectivity index (χ0v) is 22.0. The Morgan fingerprint density at radius 1 is 1.03 bits per heavy atom. The lowest BCUT2D eigenvalue weighted by atomic mass is 9.48. The summed E-state index contributed by atoms with van der Waals surface area (Å²) in [6, 6.07) is 0. The van der Waals surface area contributed by atoms with Crippen molar-refractivity contribution in [2.75, 3.05) is 6.61 Å². The van der Waals surface area contributed by atoms with Crippen LogP contribution in [0.5, 0.6) is 0 Å². The average molecular weight is 481 g/mol. The number of rotatable bonds is 4. The molecular weight excluding hydrogens is 440 g/mol. The Bertz CT molecular complexity index is 1130. The Balaban J connectivity index is 1.15. The molecule has 0 amide bonds. The summed E-state index contributed by atoms with van der Waals surface area (Å²) >= 11 is 0. The highest BCUT2D eigenvalue weighted by Crippen LogP contribution is 2.81. The van der Waals surface area contributed by atoms with Gasteiger partial charge in [-0.2, -0.15) is 0 Å². The average Bonchev–Trinajstić information content (AvgIpc) is 3.09. The van der Waals surface area contributed by atoms with Crippen LogP contribution >= 0.6 is 0 Å². The van der Waals surface area contributed by atoms with Crippen molar-refractivity contribution in [1.82, 2.24) is 0 Å². The van der Waals surface area contributed by atoms with Crippen LogP contribution in [-0.4, -0.2) is 35.9 Å². The van der Waals surface area contributed by atoms with E-state index in [1.54, 1.807) is 0 Å². The first-order chi connectivity index (χ1) is 16.3. The van der Waals surface area contributed by atoms with Crippen molar-refractivity contribution in [3.63, 3.8) is 0 Å². The van der Waals surface area contributed by atoms with Crippen molar-refractivity contribution in [3.05, 3.63) is 22.3 Å². The third kappa shape index (κ3) is 2.53. The van der Waals surface area contributed by atoms with Crippen LogP contribution in [0.3, 0.4) is 0 Å². The lowest BCUT2D eigenvalue weighted by Gasteiger charge is -2.59. The highest BCUT2D eigenvalue weighted by molar-refractivity contribution is 5.93. The maximum absolute atomic E-state index is 13.2. The summed E-state index contributed by atoms with van der Waals surface area (Å²) in [6.07, 6.45) is 8.85. The van der Waals surface area contributed by atoms with Crippen LogP contribution in [0.15, 0.2) is 22.3 Å². The number of allylic oxidation sites excluding steroid dienone is 2. The van der Waals surface area contributed by atoms with E-state index in [2.05, 4.69) is 34.6 Å². The van der Waals surface area contributed by atoms with Crippen LogP contribution in [0.1, 0.15) is 92.4 Å².